The van der Waals surface area contributed by atoms with Crippen molar-refractivity contribution in [2.45, 2.75) is 0 Å². The molecule has 0 aromatic rings. The summed E-state index contributed by atoms with van der Waals surface area (Å²) in [6.45, 7) is 0. The molecular weight excluding hydrogens is 247 g/mol. The van der Waals surface area contributed by atoms with Gasteiger partial charge in [0.05, 0.1) is 0 Å². The smallest absolute Gasteiger partial charge is 1.00 e. The minimum atomic E-state index is -5.52. The molecule has 0 aromatic carbocycles. The molecule has 0 aliphatic carbocycles. The Morgan fingerprint density at radius 1 is 1.29 bits per heavy atom. The molecule has 0 rings (SSSR count). The molecule has 0 amide bonds. The van der Waals surface area contributed by atoms with Gasteiger partial charge in [-0.25, -0.2) is 0 Å². The van der Waals surface area contributed by atoms with Gasteiger partial charge in [-0.1, -0.05) is 0 Å². The first-order chi connectivity index (χ1) is 2.00. The van der Waals surface area contributed by atoms with Crippen molar-refractivity contribution < 1.29 is 71.4 Å². The van der Waals surface area contributed by atoms with Crippen LogP contribution in [0.5, 0.6) is 0 Å². The first-order valence-electron chi connectivity index (χ1n) is 0.698. The van der Waals surface area contributed by atoms with Crippen LogP contribution >= 0.6 is 0 Å². The molecule has 0 fully saturated rings. The zero-order valence-electron chi connectivity index (χ0n) is 4.62. The van der Waals surface area contributed by atoms with Gasteiger partial charge in [0.15, 0.2) is 0 Å². The molecule has 0 spiro atoms. The summed E-state index contributed by atoms with van der Waals surface area (Å²) in [5.41, 5.74) is 0. The quantitative estimate of drug-likeness (QED) is 0.419. The average Bonchev–Trinajstić information content (AvgIpc) is 0.722. The molecule has 7 heavy (non-hydrogen) atoms. The summed E-state index contributed by atoms with van der Waals surface area (Å²) in [7, 11) is 0. The Kier molecular flexibility index (Phi) is 13.8. The molecular formula is H5KO5Te. The second-order valence-corrected chi connectivity index (χ2v) is 3.00. The molecule has 0 aromatic heterocycles. The van der Waals surface area contributed by atoms with Gasteiger partial charge in [0.1, 0.15) is 0 Å². The van der Waals surface area contributed by atoms with E-state index < -0.39 is 19.0 Å². The Hall–Kier alpha value is 1.91. The Labute approximate surface area is 88.6 Å². The Bertz CT molecular complexity index is 95.6. The normalized spacial score (nSPS) is 8.29. The van der Waals surface area contributed by atoms with Crippen molar-refractivity contribution in [2.24, 2.45) is 0 Å². The minimum Gasteiger partial charge on any atom is -1.00 e. The van der Waals surface area contributed by atoms with Crippen molar-refractivity contribution in [3.63, 3.8) is 0 Å². The van der Waals surface area contributed by atoms with Crippen molar-refractivity contribution >= 4 is 19.0 Å². The summed E-state index contributed by atoms with van der Waals surface area (Å²) < 4.78 is 32.0. The number of hydrogen-bond acceptors (Lipinski definition) is 2. The van der Waals surface area contributed by atoms with Crippen LogP contribution in [0.15, 0.2) is 0 Å². The van der Waals surface area contributed by atoms with E-state index in [0.29, 0.717) is 0 Å². The Morgan fingerprint density at radius 2 is 1.29 bits per heavy atom. The maximum atomic E-state index is 8.85. The van der Waals surface area contributed by atoms with Gasteiger partial charge in [-0.05, 0) is 0 Å². The van der Waals surface area contributed by atoms with E-state index in [1.165, 1.54) is 0 Å². The van der Waals surface area contributed by atoms with Gasteiger partial charge in [0.25, 0.3) is 0 Å². The predicted octanol–water partition coefficient (Wildman–Crippen LogP) is -5.44. The van der Waals surface area contributed by atoms with Gasteiger partial charge in [-0.15, -0.1) is 0 Å². The maximum absolute atomic E-state index is 8.85. The van der Waals surface area contributed by atoms with Crippen LogP contribution in [0.3, 0.4) is 0 Å². The molecule has 0 heterocycles. The maximum Gasteiger partial charge on any atom is 1.00 e. The van der Waals surface area contributed by atoms with Crippen LogP contribution in [0.2, 0.25) is 0 Å². The van der Waals surface area contributed by atoms with E-state index >= 15 is 0 Å². The summed E-state index contributed by atoms with van der Waals surface area (Å²) in [6, 6.07) is 0. The zero-order chi connectivity index (χ0) is 4.50. The van der Waals surface area contributed by atoms with Crippen LogP contribution in [0.4, 0.5) is 0 Å². The molecule has 0 unspecified atom stereocenters. The average molecular weight is 252 g/mol. The van der Waals surface area contributed by atoms with Gasteiger partial charge in [-0.3, -0.25) is 0 Å². The van der Waals surface area contributed by atoms with Crippen molar-refractivity contribution in [3.05, 3.63) is 0 Å². The van der Waals surface area contributed by atoms with E-state index in [4.69, 9.17) is 13.2 Å². The molecule has 42 valence electrons. The van der Waals surface area contributed by atoms with Crippen molar-refractivity contribution in [1.82, 2.24) is 0 Å². The van der Waals surface area contributed by atoms with E-state index in [-0.39, 0.29) is 58.3 Å². The van der Waals surface area contributed by atoms with E-state index in [1.54, 1.807) is 0 Å². The fraction of sp³-hybridized carbons (Fsp3) is 0. The second kappa shape index (κ2) is 6.03. The molecule has 4 N–H and O–H groups in total. The first-order valence-corrected chi connectivity index (χ1v) is 4.69. The fourth-order valence-electron chi connectivity index (χ4n) is 0. The van der Waals surface area contributed by atoms with Gasteiger partial charge in [-0.2, -0.15) is 0 Å². The van der Waals surface area contributed by atoms with Crippen molar-refractivity contribution in [3.8, 4) is 0 Å². The monoisotopic (exact) mass is 254 g/mol. The van der Waals surface area contributed by atoms with E-state index in [2.05, 4.69) is 0 Å². The van der Waals surface area contributed by atoms with Crippen LogP contribution in [0.1, 0.15) is 1.43 Å². The van der Waals surface area contributed by atoms with Gasteiger partial charge in [0, 0.05) is 0 Å². The third-order valence-corrected chi connectivity index (χ3v) is 0. The predicted molar refractivity (Wildman–Crippen MR) is 16.3 cm³/mol. The molecule has 0 saturated carbocycles. The van der Waals surface area contributed by atoms with Gasteiger partial charge in [0.2, 0.25) is 0 Å². The van der Waals surface area contributed by atoms with Crippen LogP contribution in [0.25, 0.3) is 0 Å². The molecule has 0 aliphatic rings. The molecule has 0 aliphatic heterocycles. The third-order valence-electron chi connectivity index (χ3n) is 0. The summed E-state index contributed by atoms with van der Waals surface area (Å²) >= 11 is -5.52. The van der Waals surface area contributed by atoms with Crippen LogP contribution in [0, 0.1) is 0 Å². The summed E-state index contributed by atoms with van der Waals surface area (Å²) in [6.07, 6.45) is 0. The Morgan fingerprint density at radius 3 is 1.29 bits per heavy atom. The van der Waals surface area contributed by atoms with E-state index in [1.807, 2.05) is 0 Å². The van der Waals surface area contributed by atoms with Crippen LogP contribution < -0.4 is 51.4 Å². The van der Waals surface area contributed by atoms with Crippen molar-refractivity contribution in [2.75, 3.05) is 0 Å². The number of hydrogen-bond donors (Lipinski definition) is 2. The molecule has 7 heteroatoms. The molecule has 0 saturated heterocycles. The van der Waals surface area contributed by atoms with E-state index in [9.17, 15) is 0 Å². The summed E-state index contributed by atoms with van der Waals surface area (Å²) in [4.78, 5) is 0. The molecule has 5 nitrogen and oxygen atoms in total. The van der Waals surface area contributed by atoms with Crippen molar-refractivity contribution in [1.29, 1.82) is 0 Å². The number of rotatable bonds is 0. The van der Waals surface area contributed by atoms with E-state index in [0.717, 1.165) is 0 Å². The molecule has 0 radical (unpaired) electrons. The summed E-state index contributed by atoms with van der Waals surface area (Å²) in [5.74, 6) is 0. The standard InChI is InChI=1S/K.H2O4Te.H2O.H/c;1-5(2,3)4;;/h;(H2,1,2,3,4);1H2;/q+1;;;-1. The third kappa shape index (κ3) is 75.9. The summed E-state index contributed by atoms with van der Waals surface area (Å²) in [5, 5.41) is 0. The molecule has 0 atom stereocenters. The van der Waals surface area contributed by atoms with Crippen LogP contribution in [-0.4, -0.2) is 31.4 Å². The SMILES string of the molecule is O.O=[Te](=O)(O)O.[H-].[K+]. The topological polar surface area (TPSA) is 106 Å². The van der Waals surface area contributed by atoms with Crippen LogP contribution in [-0.2, 0) is 6.21 Å². The molecule has 0 bridgehead atoms. The van der Waals surface area contributed by atoms with Gasteiger partial charge < -0.3 is 6.90 Å². The Balaban J connectivity index is -0.0000000267. The second-order valence-electron chi connectivity index (χ2n) is 0.448. The zero-order valence-corrected chi connectivity index (χ0v) is 9.07. The minimum absolute atomic E-state index is 0. The first kappa shape index (κ1) is 16.0. The van der Waals surface area contributed by atoms with Gasteiger partial charge >= 0.3 is 83.5 Å². The fourth-order valence-corrected chi connectivity index (χ4v) is 0. The largest absolute Gasteiger partial charge is 1.00 e.